The number of nitrogens with zero attached hydrogens (tertiary/aromatic N) is 2. The van der Waals surface area contributed by atoms with Crippen LogP contribution in [-0.4, -0.2) is 29.7 Å². The number of halogens is 3. The number of ether oxygens (including phenoxy) is 1. The smallest absolute Gasteiger partial charge is 0.213 e. The maximum Gasteiger partial charge on any atom is 0.213 e. The first-order valence-corrected chi connectivity index (χ1v) is 6.78. The maximum absolute atomic E-state index is 5.64. The Labute approximate surface area is 155 Å². The molecule has 1 aliphatic heterocycles. The van der Waals surface area contributed by atoms with Crippen molar-refractivity contribution in [1.29, 1.82) is 0 Å². The van der Waals surface area contributed by atoms with Gasteiger partial charge in [0.25, 0.3) is 0 Å². The number of hydrogen-bond donors (Lipinski definition) is 1. The molecule has 0 aromatic carbocycles. The molecule has 0 radical (unpaired) electrons. The zero-order valence-electron chi connectivity index (χ0n) is 12.4. The average molecular weight is 377 g/mol. The number of rotatable bonds is 5. The molecule has 2 aromatic heterocycles. The van der Waals surface area contributed by atoms with Gasteiger partial charge in [0.1, 0.15) is 0 Å². The summed E-state index contributed by atoms with van der Waals surface area (Å²) < 4.78 is 5.64. The Morgan fingerprint density at radius 1 is 1.00 bits per heavy atom. The minimum atomic E-state index is 0. The fraction of sp³-hybridized carbons (Fsp3) is 0.250. The highest BCUT2D eigenvalue weighted by Crippen LogP contribution is 2.12. The molecule has 7 heteroatoms. The Bertz CT molecular complexity index is 575. The fourth-order valence-electron chi connectivity index (χ4n) is 1.91. The second-order valence-electron chi connectivity index (χ2n) is 4.88. The van der Waals surface area contributed by atoms with Crippen LogP contribution in [0.25, 0.3) is 12.2 Å². The molecular formula is C16H20Cl3N3O. The summed E-state index contributed by atoms with van der Waals surface area (Å²) in [7, 11) is 0. The predicted octanol–water partition coefficient (Wildman–Crippen LogP) is 3.51. The van der Waals surface area contributed by atoms with Gasteiger partial charge in [0, 0.05) is 43.7 Å². The zero-order chi connectivity index (χ0) is 13.6. The first-order valence-electron chi connectivity index (χ1n) is 6.78. The molecule has 1 aliphatic rings. The molecule has 23 heavy (non-hydrogen) atoms. The van der Waals surface area contributed by atoms with Gasteiger partial charge in [0.2, 0.25) is 5.88 Å². The van der Waals surface area contributed by atoms with Gasteiger partial charge in [-0.1, -0.05) is 12.2 Å². The Hall–Kier alpha value is -1.33. The zero-order valence-corrected chi connectivity index (χ0v) is 14.9. The van der Waals surface area contributed by atoms with E-state index in [-0.39, 0.29) is 37.2 Å². The molecule has 1 N–H and O–H groups in total. The quantitative estimate of drug-likeness (QED) is 0.867. The molecule has 2 aromatic rings. The molecule has 0 bridgehead atoms. The van der Waals surface area contributed by atoms with Crippen molar-refractivity contribution in [3.05, 3.63) is 54.0 Å². The molecule has 0 saturated carbocycles. The van der Waals surface area contributed by atoms with Crippen molar-refractivity contribution < 1.29 is 4.74 Å². The fourth-order valence-corrected chi connectivity index (χ4v) is 1.91. The van der Waals surface area contributed by atoms with Crippen molar-refractivity contribution in [1.82, 2.24) is 15.3 Å². The lowest BCUT2D eigenvalue weighted by molar-refractivity contribution is 0.193. The summed E-state index contributed by atoms with van der Waals surface area (Å²) in [5.74, 6) is 1.32. The van der Waals surface area contributed by atoms with Crippen molar-refractivity contribution >= 4 is 49.4 Å². The molecule has 0 aliphatic carbocycles. The highest BCUT2D eigenvalue weighted by molar-refractivity contribution is 5.86. The first kappa shape index (κ1) is 21.7. The van der Waals surface area contributed by atoms with Crippen LogP contribution in [0.4, 0.5) is 0 Å². The molecule has 3 rings (SSSR count). The van der Waals surface area contributed by atoms with Crippen LogP contribution in [0.5, 0.6) is 5.88 Å². The summed E-state index contributed by atoms with van der Waals surface area (Å²) in [6, 6.07) is 7.86. The van der Waals surface area contributed by atoms with Crippen molar-refractivity contribution in [2.45, 2.75) is 0 Å². The average Bonchev–Trinajstić information content (AvgIpc) is 2.46. The van der Waals surface area contributed by atoms with Gasteiger partial charge in [0.05, 0.1) is 6.61 Å². The molecule has 4 nitrogen and oxygen atoms in total. The van der Waals surface area contributed by atoms with E-state index in [9.17, 15) is 0 Å². The summed E-state index contributed by atoms with van der Waals surface area (Å²) in [6.07, 6.45) is 9.46. The molecule has 3 heterocycles. The van der Waals surface area contributed by atoms with Crippen molar-refractivity contribution in [2.24, 2.45) is 5.92 Å². The SMILES string of the molecule is C(=Cc1ccc(OCC2CNC2)nc1)c1ccncc1.Cl.Cl.Cl. The van der Waals surface area contributed by atoms with E-state index in [1.54, 1.807) is 12.4 Å². The van der Waals surface area contributed by atoms with E-state index in [1.165, 1.54) is 0 Å². The summed E-state index contributed by atoms with van der Waals surface area (Å²) in [5.41, 5.74) is 2.18. The monoisotopic (exact) mass is 375 g/mol. The summed E-state index contributed by atoms with van der Waals surface area (Å²) in [6.45, 7) is 2.84. The first-order chi connectivity index (χ1) is 9.90. The van der Waals surface area contributed by atoms with Crippen molar-refractivity contribution in [2.75, 3.05) is 19.7 Å². The standard InChI is InChI=1S/C16H17N3O.3ClH/c1(13-5-7-17-8-6-13)2-14-3-4-16(19-11-14)20-12-15-9-18-10-15;;;/h1-8,11,15,18H,9-10,12H2;3*1H. The van der Waals surface area contributed by atoms with E-state index in [0.29, 0.717) is 11.8 Å². The van der Waals surface area contributed by atoms with E-state index in [4.69, 9.17) is 4.74 Å². The molecule has 0 atom stereocenters. The Morgan fingerprint density at radius 3 is 2.26 bits per heavy atom. The third-order valence-corrected chi connectivity index (χ3v) is 3.27. The van der Waals surface area contributed by atoms with Crippen LogP contribution in [0, 0.1) is 5.92 Å². The van der Waals surface area contributed by atoms with Crippen LogP contribution in [0.2, 0.25) is 0 Å². The second-order valence-corrected chi connectivity index (χ2v) is 4.88. The third-order valence-electron chi connectivity index (χ3n) is 3.27. The Balaban J connectivity index is 0.00000161. The molecule has 0 unspecified atom stereocenters. The largest absolute Gasteiger partial charge is 0.477 e. The summed E-state index contributed by atoms with van der Waals surface area (Å²) in [5, 5.41) is 3.22. The minimum absolute atomic E-state index is 0. The van der Waals surface area contributed by atoms with Gasteiger partial charge in [-0.25, -0.2) is 4.98 Å². The molecule has 0 amide bonds. The van der Waals surface area contributed by atoms with Gasteiger partial charge < -0.3 is 10.1 Å². The lowest BCUT2D eigenvalue weighted by Crippen LogP contribution is -2.45. The summed E-state index contributed by atoms with van der Waals surface area (Å²) in [4.78, 5) is 8.31. The summed E-state index contributed by atoms with van der Waals surface area (Å²) >= 11 is 0. The molecular weight excluding hydrogens is 357 g/mol. The third kappa shape index (κ3) is 6.75. The van der Waals surface area contributed by atoms with Crippen LogP contribution < -0.4 is 10.1 Å². The van der Waals surface area contributed by atoms with Crippen LogP contribution in [-0.2, 0) is 0 Å². The number of hydrogen-bond acceptors (Lipinski definition) is 4. The van der Waals surface area contributed by atoms with Crippen LogP contribution in [0.15, 0.2) is 42.9 Å². The van der Waals surface area contributed by atoms with Gasteiger partial charge in [-0.3, -0.25) is 4.98 Å². The Kier molecular flexibility index (Phi) is 10.6. The van der Waals surface area contributed by atoms with E-state index >= 15 is 0 Å². The lowest BCUT2D eigenvalue weighted by Gasteiger charge is -2.26. The normalized spacial score (nSPS) is 13.2. The van der Waals surface area contributed by atoms with Gasteiger partial charge in [-0.2, -0.15) is 0 Å². The van der Waals surface area contributed by atoms with Gasteiger partial charge in [0.15, 0.2) is 0 Å². The number of pyridine rings is 2. The van der Waals surface area contributed by atoms with Gasteiger partial charge in [-0.05, 0) is 29.3 Å². The van der Waals surface area contributed by atoms with Crippen LogP contribution in [0.1, 0.15) is 11.1 Å². The van der Waals surface area contributed by atoms with Crippen LogP contribution in [0.3, 0.4) is 0 Å². The predicted molar refractivity (Wildman–Crippen MR) is 101 cm³/mol. The molecule has 126 valence electrons. The lowest BCUT2D eigenvalue weighted by atomic mass is 10.1. The van der Waals surface area contributed by atoms with E-state index in [1.807, 2.05) is 42.6 Å². The van der Waals surface area contributed by atoms with Crippen molar-refractivity contribution in [3.63, 3.8) is 0 Å². The maximum atomic E-state index is 5.64. The van der Waals surface area contributed by atoms with E-state index in [2.05, 4.69) is 15.3 Å². The molecule has 1 fully saturated rings. The van der Waals surface area contributed by atoms with Crippen molar-refractivity contribution in [3.8, 4) is 5.88 Å². The van der Waals surface area contributed by atoms with E-state index < -0.39 is 0 Å². The molecule has 0 spiro atoms. The van der Waals surface area contributed by atoms with E-state index in [0.717, 1.165) is 30.8 Å². The number of nitrogens with one attached hydrogen (secondary N) is 1. The van der Waals surface area contributed by atoms with Gasteiger partial charge in [-0.15, -0.1) is 37.2 Å². The molecule has 1 saturated heterocycles. The topological polar surface area (TPSA) is 47.0 Å². The second kappa shape index (κ2) is 11.2. The minimum Gasteiger partial charge on any atom is -0.477 e. The Morgan fingerprint density at radius 2 is 1.70 bits per heavy atom. The number of aromatic nitrogens is 2. The van der Waals surface area contributed by atoms with Crippen LogP contribution >= 0.6 is 37.2 Å². The van der Waals surface area contributed by atoms with Gasteiger partial charge >= 0.3 is 0 Å². The highest BCUT2D eigenvalue weighted by Gasteiger charge is 2.17. The highest BCUT2D eigenvalue weighted by atomic mass is 35.5.